The molecule has 2 heterocycles. The first kappa shape index (κ1) is 23.0. The van der Waals surface area contributed by atoms with Crippen molar-refractivity contribution in [2.75, 3.05) is 44.3 Å². The Balaban J connectivity index is 1.63. The molecule has 0 radical (unpaired) electrons. The molecule has 4 rings (SSSR count). The van der Waals surface area contributed by atoms with Crippen LogP contribution in [0.2, 0.25) is 5.02 Å². The highest BCUT2D eigenvalue weighted by Gasteiger charge is 2.24. The lowest BCUT2D eigenvalue weighted by Gasteiger charge is -2.29. The van der Waals surface area contributed by atoms with Crippen LogP contribution < -0.4 is 9.64 Å². The SMILES string of the molecule is Cc1ccc(Cl)c2sc(N(CCN3CCOCC3)C(=O)c3ccc(OC(C)C)cc3)nc12. The highest BCUT2D eigenvalue weighted by atomic mass is 35.5. The van der Waals surface area contributed by atoms with Crippen LogP contribution in [-0.4, -0.2) is 61.3 Å². The van der Waals surface area contributed by atoms with Gasteiger partial charge in [0.05, 0.1) is 34.6 Å². The Bertz CT molecular complexity index is 1040. The predicted octanol–water partition coefficient (Wildman–Crippen LogP) is 5.02. The number of benzene rings is 2. The van der Waals surface area contributed by atoms with Gasteiger partial charge >= 0.3 is 0 Å². The van der Waals surface area contributed by atoms with Crippen LogP contribution in [0.4, 0.5) is 5.13 Å². The predicted molar refractivity (Wildman–Crippen MR) is 131 cm³/mol. The summed E-state index contributed by atoms with van der Waals surface area (Å²) in [7, 11) is 0. The Labute approximate surface area is 197 Å². The Hall–Kier alpha value is -2.19. The van der Waals surface area contributed by atoms with E-state index in [-0.39, 0.29) is 12.0 Å². The molecule has 0 aliphatic carbocycles. The lowest BCUT2D eigenvalue weighted by atomic mass is 10.2. The Morgan fingerprint density at radius 3 is 2.59 bits per heavy atom. The van der Waals surface area contributed by atoms with Crippen LogP contribution in [0.5, 0.6) is 5.75 Å². The summed E-state index contributed by atoms with van der Waals surface area (Å²) in [5.41, 5.74) is 2.50. The molecule has 3 aromatic rings. The molecule has 1 aliphatic heterocycles. The van der Waals surface area contributed by atoms with E-state index in [1.165, 1.54) is 11.3 Å². The number of nitrogens with zero attached hydrogens (tertiary/aromatic N) is 3. The molecule has 6 nitrogen and oxygen atoms in total. The number of morpholine rings is 1. The first-order valence-corrected chi connectivity index (χ1v) is 12.1. The molecule has 0 spiro atoms. The van der Waals surface area contributed by atoms with Gasteiger partial charge in [-0.3, -0.25) is 14.6 Å². The quantitative estimate of drug-likeness (QED) is 0.482. The first-order chi connectivity index (χ1) is 15.4. The Kier molecular flexibility index (Phi) is 7.30. The highest BCUT2D eigenvalue weighted by molar-refractivity contribution is 7.23. The first-order valence-electron chi connectivity index (χ1n) is 10.9. The summed E-state index contributed by atoms with van der Waals surface area (Å²) in [5.74, 6) is 0.668. The summed E-state index contributed by atoms with van der Waals surface area (Å²) in [4.78, 5) is 22.5. The van der Waals surface area contributed by atoms with E-state index in [4.69, 9.17) is 26.1 Å². The van der Waals surface area contributed by atoms with Crippen molar-refractivity contribution in [2.45, 2.75) is 26.9 Å². The maximum Gasteiger partial charge on any atom is 0.260 e. The van der Waals surface area contributed by atoms with E-state index in [0.717, 1.165) is 54.4 Å². The molecule has 0 saturated carbocycles. The van der Waals surface area contributed by atoms with Crippen molar-refractivity contribution < 1.29 is 14.3 Å². The van der Waals surface area contributed by atoms with Crippen LogP contribution in [-0.2, 0) is 4.74 Å². The number of ether oxygens (including phenoxy) is 2. The van der Waals surface area contributed by atoms with Gasteiger partial charge in [0, 0.05) is 31.7 Å². The van der Waals surface area contributed by atoms with E-state index in [9.17, 15) is 4.79 Å². The van der Waals surface area contributed by atoms with E-state index < -0.39 is 0 Å². The van der Waals surface area contributed by atoms with Gasteiger partial charge in [-0.15, -0.1) is 0 Å². The minimum absolute atomic E-state index is 0.0808. The van der Waals surface area contributed by atoms with Crippen LogP contribution in [0.25, 0.3) is 10.2 Å². The van der Waals surface area contributed by atoms with Crippen molar-refractivity contribution in [3.05, 3.63) is 52.5 Å². The fraction of sp³-hybridized carbons (Fsp3) is 0.417. The van der Waals surface area contributed by atoms with E-state index in [1.807, 2.05) is 57.2 Å². The molecule has 32 heavy (non-hydrogen) atoms. The van der Waals surface area contributed by atoms with E-state index in [0.29, 0.717) is 22.3 Å². The molecule has 1 aromatic heterocycles. The van der Waals surface area contributed by atoms with Crippen molar-refractivity contribution in [3.8, 4) is 5.75 Å². The van der Waals surface area contributed by atoms with Crippen LogP contribution in [0, 0.1) is 6.92 Å². The molecule has 1 aliphatic rings. The molecule has 1 saturated heterocycles. The summed E-state index contributed by atoms with van der Waals surface area (Å²) in [5, 5.41) is 1.32. The Morgan fingerprint density at radius 2 is 1.94 bits per heavy atom. The average molecular weight is 474 g/mol. The fourth-order valence-electron chi connectivity index (χ4n) is 3.66. The van der Waals surface area contributed by atoms with E-state index >= 15 is 0 Å². The zero-order valence-electron chi connectivity index (χ0n) is 18.6. The van der Waals surface area contributed by atoms with Gasteiger partial charge in [-0.05, 0) is 56.7 Å². The summed E-state index contributed by atoms with van der Waals surface area (Å²) < 4.78 is 12.1. The summed E-state index contributed by atoms with van der Waals surface area (Å²) in [6, 6.07) is 11.1. The van der Waals surface area contributed by atoms with Gasteiger partial charge in [0.15, 0.2) is 5.13 Å². The van der Waals surface area contributed by atoms with Crippen molar-refractivity contribution in [2.24, 2.45) is 0 Å². The maximum absolute atomic E-state index is 13.6. The number of hydrogen-bond acceptors (Lipinski definition) is 6. The molecule has 0 bridgehead atoms. The molecular weight excluding hydrogens is 446 g/mol. The van der Waals surface area contributed by atoms with Crippen molar-refractivity contribution in [1.29, 1.82) is 0 Å². The number of hydrogen-bond donors (Lipinski definition) is 0. The summed E-state index contributed by atoms with van der Waals surface area (Å²) in [6.45, 7) is 10.4. The average Bonchev–Trinajstić information content (AvgIpc) is 3.24. The lowest BCUT2D eigenvalue weighted by Crippen LogP contribution is -2.43. The standard InChI is InChI=1S/C24H28ClN3O3S/c1-16(2)31-19-7-5-18(6-8-19)23(29)28(11-10-27-12-14-30-15-13-27)24-26-21-17(3)4-9-20(25)22(21)32-24/h4-9,16H,10-15H2,1-3H3. The smallest absolute Gasteiger partial charge is 0.260 e. The molecule has 1 fully saturated rings. The number of aryl methyl sites for hydroxylation is 1. The second-order valence-corrected chi connectivity index (χ2v) is 9.52. The summed E-state index contributed by atoms with van der Waals surface area (Å²) in [6.07, 6.45) is 0.0808. The molecule has 2 aromatic carbocycles. The molecular formula is C24H28ClN3O3S. The topological polar surface area (TPSA) is 54.9 Å². The number of carbonyl (C=O) groups is 1. The molecule has 0 N–H and O–H groups in total. The van der Waals surface area contributed by atoms with E-state index in [2.05, 4.69) is 4.90 Å². The maximum atomic E-state index is 13.6. The normalized spacial score (nSPS) is 14.8. The van der Waals surface area contributed by atoms with Gasteiger partial charge in [-0.2, -0.15) is 0 Å². The van der Waals surface area contributed by atoms with Gasteiger partial charge in [0.25, 0.3) is 5.91 Å². The number of amides is 1. The highest BCUT2D eigenvalue weighted by Crippen LogP contribution is 2.36. The number of anilines is 1. The largest absolute Gasteiger partial charge is 0.491 e. The zero-order chi connectivity index (χ0) is 22.7. The molecule has 8 heteroatoms. The molecule has 0 atom stereocenters. The van der Waals surface area contributed by atoms with Gasteiger partial charge < -0.3 is 9.47 Å². The minimum atomic E-state index is -0.0813. The zero-order valence-corrected chi connectivity index (χ0v) is 20.2. The number of halogens is 1. The fourth-order valence-corrected chi connectivity index (χ4v) is 5.00. The number of carbonyl (C=O) groups excluding carboxylic acids is 1. The third-order valence-corrected chi connectivity index (χ3v) is 6.92. The lowest BCUT2D eigenvalue weighted by molar-refractivity contribution is 0.0391. The molecule has 170 valence electrons. The van der Waals surface area contributed by atoms with Gasteiger partial charge in [-0.25, -0.2) is 4.98 Å². The van der Waals surface area contributed by atoms with Gasteiger partial charge in [-0.1, -0.05) is 29.0 Å². The number of thiazole rings is 1. The monoisotopic (exact) mass is 473 g/mol. The number of aromatic nitrogens is 1. The van der Waals surface area contributed by atoms with Gasteiger partial charge in [0.1, 0.15) is 5.75 Å². The third-order valence-electron chi connectivity index (χ3n) is 5.38. The number of fused-ring (bicyclic) bond motifs is 1. The Morgan fingerprint density at radius 1 is 1.22 bits per heavy atom. The second kappa shape index (κ2) is 10.2. The molecule has 1 amide bonds. The molecule has 0 unspecified atom stereocenters. The van der Waals surface area contributed by atoms with Crippen LogP contribution in [0.3, 0.4) is 0 Å². The van der Waals surface area contributed by atoms with Crippen molar-refractivity contribution in [3.63, 3.8) is 0 Å². The van der Waals surface area contributed by atoms with E-state index in [1.54, 1.807) is 4.90 Å². The summed E-state index contributed by atoms with van der Waals surface area (Å²) >= 11 is 7.89. The van der Waals surface area contributed by atoms with Crippen LogP contribution in [0.15, 0.2) is 36.4 Å². The van der Waals surface area contributed by atoms with Crippen LogP contribution in [0.1, 0.15) is 29.8 Å². The second-order valence-electron chi connectivity index (χ2n) is 8.14. The van der Waals surface area contributed by atoms with Crippen molar-refractivity contribution in [1.82, 2.24) is 9.88 Å². The van der Waals surface area contributed by atoms with Crippen LogP contribution >= 0.6 is 22.9 Å². The van der Waals surface area contributed by atoms with Gasteiger partial charge in [0.2, 0.25) is 0 Å². The third kappa shape index (κ3) is 5.23. The van der Waals surface area contributed by atoms with Crippen molar-refractivity contribution >= 4 is 44.2 Å². The number of rotatable bonds is 7. The minimum Gasteiger partial charge on any atom is -0.491 e.